The molecule has 1 aromatic carbocycles. The van der Waals surface area contributed by atoms with E-state index in [-0.39, 0.29) is 5.69 Å². The summed E-state index contributed by atoms with van der Waals surface area (Å²) < 4.78 is 0. The van der Waals surface area contributed by atoms with E-state index in [1.54, 1.807) is 30.5 Å². The average molecular weight is 292 g/mol. The number of nitro benzene ring substituents is 1. The first-order valence-electron chi connectivity index (χ1n) is 5.77. The van der Waals surface area contributed by atoms with E-state index in [4.69, 9.17) is 0 Å². The van der Waals surface area contributed by atoms with Crippen LogP contribution in [0.5, 0.6) is 0 Å². The van der Waals surface area contributed by atoms with E-state index in [0.717, 1.165) is 0 Å². The van der Waals surface area contributed by atoms with E-state index in [0.29, 0.717) is 16.1 Å². The van der Waals surface area contributed by atoms with Crippen molar-refractivity contribution in [1.29, 1.82) is 0 Å². The molecule has 0 fully saturated rings. The fourth-order valence-corrected chi connectivity index (χ4v) is 2.61. The lowest BCUT2D eigenvalue weighted by Gasteiger charge is -2.16. The standard InChI is InChI=1S/C13H12N2O4S/c1-8-9(4-2-5-10(8)15(18)19)14-12(13(16)17)11-6-3-7-20-11/h2-7,12,14H,1H3,(H,16,17). The monoisotopic (exact) mass is 292 g/mol. The Labute approximate surface area is 118 Å². The molecule has 0 aliphatic rings. The van der Waals surface area contributed by atoms with Gasteiger partial charge in [0.2, 0.25) is 0 Å². The highest BCUT2D eigenvalue weighted by Crippen LogP contribution is 2.29. The Morgan fingerprint density at radius 1 is 1.40 bits per heavy atom. The third-order valence-corrected chi connectivity index (χ3v) is 3.81. The van der Waals surface area contributed by atoms with Crippen molar-refractivity contribution in [3.05, 3.63) is 56.3 Å². The van der Waals surface area contributed by atoms with E-state index < -0.39 is 16.9 Å². The van der Waals surface area contributed by atoms with Crippen LogP contribution in [-0.4, -0.2) is 16.0 Å². The van der Waals surface area contributed by atoms with Crippen LogP contribution in [0.2, 0.25) is 0 Å². The van der Waals surface area contributed by atoms with Crippen LogP contribution in [0.1, 0.15) is 16.5 Å². The van der Waals surface area contributed by atoms with E-state index >= 15 is 0 Å². The molecule has 2 aromatic rings. The fraction of sp³-hybridized carbons (Fsp3) is 0.154. The predicted molar refractivity (Wildman–Crippen MR) is 76.2 cm³/mol. The number of carboxylic acids is 1. The second-order valence-electron chi connectivity index (χ2n) is 4.14. The fourth-order valence-electron chi connectivity index (χ4n) is 1.84. The molecule has 2 N–H and O–H groups in total. The van der Waals surface area contributed by atoms with Crippen molar-refractivity contribution in [2.45, 2.75) is 13.0 Å². The summed E-state index contributed by atoms with van der Waals surface area (Å²) in [7, 11) is 0. The summed E-state index contributed by atoms with van der Waals surface area (Å²) in [4.78, 5) is 22.4. The van der Waals surface area contributed by atoms with Crippen LogP contribution in [0.4, 0.5) is 11.4 Å². The molecule has 1 unspecified atom stereocenters. The van der Waals surface area contributed by atoms with Gasteiger partial charge in [-0.05, 0) is 24.4 Å². The molecular weight excluding hydrogens is 280 g/mol. The second kappa shape index (κ2) is 5.70. The summed E-state index contributed by atoms with van der Waals surface area (Å²) in [5, 5.41) is 24.8. The first-order chi connectivity index (χ1) is 9.50. The van der Waals surface area contributed by atoms with Gasteiger partial charge in [0.05, 0.1) is 4.92 Å². The van der Waals surface area contributed by atoms with Gasteiger partial charge in [0, 0.05) is 22.2 Å². The Balaban J connectivity index is 2.35. The highest BCUT2D eigenvalue weighted by Gasteiger charge is 2.23. The number of thiophene rings is 1. The maximum atomic E-state index is 11.3. The highest BCUT2D eigenvalue weighted by molar-refractivity contribution is 7.10. The molecule has 104 valence electrons. The molecule has 0 amide bonds. The molecule has 1 heterocycles. The van der Waals surface area contributed by atoms with Gasteiger partial charge in [-0.2, -0.15) is 0 Å². The topological polar surface area (TPSA) is 92.5 Å². The van der Waals surface area contributed by atoms with Gasteiger partial charge in [0.1, 0.15) is 0 Å². The molecule has 20 heavy (non-hydrogen) atoms. The maximum Gasteiger partial charge on any atom is 0.331 e. The molecule has 0 radical (unpaired) electrons. The zero-order valence-corrected chi connectivity index (χ0v) is 11.4. The normalized spacial score (nSPS) is 11.8. The molecule has 0 bridgehead atoms. The number of carbonyl (C=O) groups is 1. The number of benzene rings is 1. The molecule has 0 spiro atoms. The minimum absolute atomic E-state index is 0.0367. The molecule has 6 nitrogen and oxygen atoms in total. The Morgan fingerprint density at radius 3 is 2.70 bits per heavy atom. The molecule has 1 aromatic heterocycles. The smallest absolute Gasteiger partial charge is 0.331 e. The number of hydrogen-bond acceptors (Lipinski definition) is 5. The number of nitrogens with one attached hydrogen (secondary N) is 1. The van der Waals surface area contributed by atoms with Crippen LogP contribution in [-0.2, 0) is 4.79 Å². The molecule has 1 atom stereocenters. The molecule has 0 aliphatic heterocycles. The first-order valence-corrected chi connectivity index (χ1v) is 6.65. The Morgan fingerprint density at radius 2 is 2.15 bits per heavy atom. The van der Waals surface area contributed by atoms with Gasteiger partial charge in [-0.1, -0.05) is 12.1 Å². The number of hydrogen-bond donors (Lipinski definition) is 2. The molecule has 7 heteroatoms. The SMILES string of the molecule is Cc1c(NC(C(=O)O)c2cccs2)cccc1[N+](=O)[O-]. The van der Waals surface area contributed by atoms with Crippen LogP contribution in [0.25, 0.3) is 0 Å². The average Bonchev–Trinajstić information content (AvgIpc) is 2.90. The van der Waals surface area contributed by atoms with Crippen LogP contribution in [0, 0.1) is 17.0 Å². The Kier molecular flexibility index (Phi) is 3.99. The van der Waals surface area contributed by atoms with Crippen molar-refractivity contribution in [2.75, 3.05) is 5.32 Å². The van der Waals surface area contributed by atoms with E-state index in [1.165, 1.54) is 23.5 Å². The summed E-state index contributed by atoms with van der Waals surface area (Å²) in [5.74, 6) is -1.03. The van der Waals surface area contributed by atoms with Crippen molar-refractivity contribution >= 4 is 28.7 Å². The summed E-state index contributed by atoms with van der Waals surface area (Å²) >= 11 is 1.32. The highest BCUT2D eigenvalue weighted by atomic mass is 32.1. The number of carboxylic acid groups (broad SMARTS) is 1. The Bertz CT molecular complexity index is 640. The maximum absolute atomic E-state index is 11.3. The van der Waals surface area contributed by atoms with Gasteiger partial charge >= 0.3 is 5.97 Å². The van der Waals surface area contributed by atoms with Gasteiger partial charge in [-0.25, -0.2) is 4.79 Å². The lowest BCUT2D eigenvalue weighted by molar-refractivity contribution is -0.385. The van der Waals surface area contributed by atoms with Gasteiger partial charge in [-0.15, -0.1) is 11.3 Å². The zero-order valence-electron chi connectivity index (χ0n) is 10.6. The van der Waals surface area contributed by atoms with Crippen LogP contribution < -0.4 is 5.32 Å². The Hall–Kier alpha value is -2.41. The third-order valence-electron chi connectivity index (χ3n) is 2.88. The predicted octanol–water partition coefficient (Wildman–Crippen LogP) is 3.20. The van der Waals surface area contributed by atoms with Gasteiger partial charge in [0.25, 0.3) is 5.69 Å². The number of nitro groups is 1. The quantitative estimate of drug-likeness (QED) is 0.652. The first kappa shape index (κ1) is 14.0. The lowest BCUT2D eigenvalue weighted by Crippen LogP contribution is -2.20. The van der Waals surface area contributed by atoms with Gasteiger partial charge < -0.3 is 10.4 Å². The van der Waals surface area contributed by atoms with E-state index in [1.807, 2.05) is 0 Å². The lowest BCUT2D eigenvalue weighted by atomic mass is 10.1. The summed E-state index contributed by atoms with van der Waals surface area (Å²) in [6.45, 7) is 1.59. The number of aliphatic carboxylic acids is 1. The van der Waals surface area contributed by atoms with Crippen LogP contribution in [0.3, 0.4) is 0 Å². The van der Waals surface area contributed by atoms with Crippen LogP contribution >= 0.6 is 11.3 Å². The number of nitrogens with zero attached hydrogens (tertiary/aromatic N) is 1. The number of anilines is 1. The summed E-state index contributed by atoms with van der Waals surface area (Å²) in [5.41, 5.74) is 0.825. The summed E-state index contributed by atoms with van der Waals surface area (Å²) in [6, 6.07) is 7.10. The van der Waals surface area contributed by atoms with Crippen molar-refractivity contribution in [3.63, 3.8) is 0 Å². The van der Waals surface area contributed by atoms with E-state index in [9.17, 15) is 20.0 Å². The molecule has 2 rings (SSSR count). The second-order valence-corrected chi connectivity index (χ2v) is 5.12. The zero-order chi connectivity index (χ0) is 14.7. The van der Waals surface area contributed by atoms with Crippen molar-refractivity contribution < 1.29 is 14.8 Å². The molecule has 0 saturated heterocycles. The molecule has 0 aliphatic carbocycles. The van der Waals surface area contributed by atoms with Crippen molar-refractivity contribution in [1.82, 2.24) is 0 Å². The van der Waals surface area contributed by atoms with Gasteiger partial charge in [0.15, 0.2) is 6.04 Å². The van der Waals surface area contributed by atoms with Crippen molar-refractivity contribution in [3.8, 4) is 0 Å². The van der Waals surface area contributed by atoms with Crippen LogP contribution in [0.15, 0.2) is 35.7 Å². The molecule has 0 saturated carbocycles. The van der Waals surface area contributed by atoms with Crippen molar-refractivity contribution in [2.24, 2.45) is 0 Å². The van der Waals surface area contributed by atoms with E-state index in [2.05, 4.69) is 5.32 Å². The number of rotatable bonds is 5. The minimum Gasteiger partial charge on any atom is -0.479 e. The summed E-state index contributed by atoms with van der Waals surface area (Å²) in [6.07, 6.45) is 0. The largest absolute Gasteiger partial charge is 0.479 e. The minimum atomic E-state index is -1.03. The third kappa shape index (κ3) is 2.77. The molecular formula is C13H12N2O4S. The van der Waals surface area contributed by atoms with Gasteiger partial charge in [-0.3, -0.25) is 10.1 Å².